The number of amides is 1. The van der Waals surface area contributed by atoms with Gasteiger partial charge in [-0.25, -0.2) is 4.39 Å². The molecule has 0 bridgehead atoms. The van der Waals surface area contributed by atoms with Crippen molar-refractivity contribution in [2.75, 3.05) is 13.2 Å². The highest BCUT2D eigenvalue weighted by Gasteiger charge is 2.05. The van der Waals surface area contributed by atoms with Gasteiger partial charge in [-0.2, -0.15) is 0 Å². The molecule has 0 unspecified atom stereocenters. The van der Waals surface area contributed by atoms with Crippen molar-refractivity contribution in [3.63, 3.8) is 0 Å². The van der Waals surface area contributed by atoms with Crippen molar-refractivity contribution >= 4 is 12.0 Å². The van der Waals surface area contributed by atoms with Gasteiger partial charge in [0.05, 0.1) is 12.7 Å². The second-order valence-corrected chi connectivity index (χ2v) is 4.52. The van der Waals surface area contributed by atoms with Crippen molar-refractivity contribution in [3.05, 3.63) is 41.2 Å². The summed E-state index contributed by atoms with van der Waals surface area (Å²) in [5, 5.41) is 2.72. The molecule has 0 aliphatic rings. The highest BCUT2D eigenvalue weighted by Crippen LogP contribution is 2.11. The maximum atomic E-state index is 13.4. The first-order valence-corrected chi connectivity index (χ1v) is 6.33. The fourth-order valence-electron chi connectivity index (χ4n) is 1.49. The molecule has 0 aromatic heterocycles. The van der Waals surface area contributed by atoms with Crippen LogP contribution in [0.5, 0.6) is 0 Å². The van der Waals surface area contributed by atoms with Crippen molar-refractivity contribution in [2.45, 2.75) is 26.9 Å². The van der Waals surface area contributed by atoms with Crippen LogP contribution in [0.3, 0.4) is 0 Å². The second-order valence-electron chi connectivity index (χ2n) is 4.52. The average molecular weight is 265 g/mol. The number of halogens is 1. The third-order valence-corrected chi connectivity index (χ3v) is 2.47. The lowest BCUT2D eigenvalue weighted by atomic mass is 10.1. The van der Waals surface area contributed by atoms with Gasteiger partial charge in [0.2, 0.25) is 5.91 Å². The van der Waals surface area contributed by atoms with Gasteiger partial charge in [-0.3, -0.25) is 4.79 Å². The number of carbonyl (C=O) groups is 1. The van der Waals surface area contributed by atoms with Gasteiger partial charge in [-0.15, -0.1) is 0 Å². The summed E-state index contributed by atoms with van der Waals surface area (Å²) < 4.78 is 18.7. The van der Waals surface area contributed by atoms with Gasteiger partial charge in [0.15, 0.2) is 0 Å². The summed E-state index contributed by atoms with van der Waals surface area (Å²) in [5.41, 5.74) is 0.878. The number of nitrogens with one attached hydrogen (secondary N) is 1. The van der Waals surface area contributed by atoms with Gasteiger partial charge in [-0.1, -0.05) is 18.2 Å². The Morgan fingerprint density at radius 2 is 2.11 bits per heavy atom. The molecule has 1 amide bonds. The van der Waals surface area contributed by atoms with Crippen molar-refractivity contribution in [1.82, 2.24) is 5.32 Å². The molecule has 0 saturated heterocycles. The first-order chi connectivity index (χ1) is 9.00. The fourth-order valence-corrected chi connectivity index (χ4v) is 1.49. The van der Waals surface area contributed by atoms with E-state index in [0.717, 1.165) is 0 Å². The Labute approximate surface area is 113 Å². The number of benzene rings is 1. The molecule has 0 atom stereocenters. The van der Waals surface area contributed by atoms with Crippen LogP contribution in [-0.4, -0.2) is 25.2 Å². The average Bonchev–Trinajstić information content (AvgIpc) is 2.36. The maximum Gasteiger partial charge on any atom is 0.247 e. The highest BCUT2D eigenvalue weighted by molar-refractivity contribution is 5.97. The first-order valence-electron chi connectivity index (χ1n) is 6.33. The van der Waals surface area contributed by atoms with E-state index in [0.29, 0.717) is 24.3 Å². The molecule has 1 rings (SSSR count). The van der Waals surface area contributed by atoms with E-state index in [-0.39, 0.29) is 17.8 Å². The van der Waals surface area contributed by atoms with Crippen molar-refractivity contribution < 1.29 is 13.9 Å². The maximum absolute atomic E-state index is 13.4. The smallest absolute Gasteiger partial charge is 0.247 e. The van der Waals surface area contributed by atoms with Crippen LogP contribution in [0.1, 0.15) is 26.3 Å². The molecule has 0 spiro atoms. The Balaban J connectivity index is 2.50. The molecule has 1 aromatic rings. The lowest BCUT2D eigenvalue weighted by Crippen LogP contribution is -2.28. The van der Waals surface area contributed by atoms with E-state index in [4.69, 9.17) is 4.74 Å². The second kappa shape index (κ2) is 7.69. The van der Waals surface area contributed by atoms with Crippen LogP contribution in [0.2, 0.25) is 0 Å². The first kappa shape index (κ1) is 15.4. The molecule has 4 heteroatoms. The summed E-state index contributed by atoms with van der Waals surface area (Å²) in [6.07, 6.45) is 1.68. The molecule has 3 nitrogen and oxygen atoms in total. The Kier molecular flexibility index (Phi) is 6.22. The van der Waals surface area contributed by atoms with Gasteiger partial charge >= 0.3 is 0 Å². The normalized spacial score (nSPS) is 11.7. The van der Waals surface area contributed by atoms with E-state index in [1.807, 2.05) is 13.8 Å². The zero-order chi connectivity index (χ0) is 14.3. The van der Waals surface area contributed by atoms with E-state index in [9.17, 15) is 9.18 Å². The Bertz CT molecular complexity index is 455. The summed E-state index contributed by atoms with van der Waals surface area (Å²) in [4.78, 5) is 11.7. The minimum atomic E-state index is -0.335. The van der Waals surface area contributed by atoms with Crippen LogP contribution in [0, 0.1) is 5.82 Å². The van der Waals surface area contributed by atoms with Crippen molar-refractivity contribution in [3.8, 4) is 0 Å². The standard InChI is InChI=1S/C15H20FNO2/c1-11(2)19-9-8-17-15(18)12(3)10-13-6-4-5-7-14(13)16/h4-7,10-11H,8-9H2,1-3H3,(H,17,18)/b12-10+. The lowest BCUT2D eigenvalue weighted by molar-refractivity contribution is -0.117. The molecular formula is C15H20FNO2. The highest BCUT2D eigenvalue weighted by atomic mass is 19.1. The van der Waals surface area contributed by atoms with Gasteiger partial charge in [0, 0.05) is 17.7 Å². The van der Waals surface area contributed by atoms with Crippen LogP contribution >= 0.6 is 0 Å². The van der Waals surface area contributed by atoms with Crippen LogP contribution in [0.4, 0.5) is 4.39 Å². The topological polar surface area (TPSA) is 38.3 Å². The molecular weight excluding hydrogens is 245 g/mol. The van der Waals surface area contributed by atoms with Crippen molar-refractivity contribution in [2.24, 2.45) is 0 Å². The van der Waals surface area contributed by atoms with E-state index >= 15 is 0 Å². The molecule has 1 N–H and O–H groups in total. The molecule has 0 saturated carbocycles. The number of hydrogen-bond acceptors (Lipinski definition) is 2. The van der Waals surface area contributed by atoms with Gasteiger partial charge in [0.25, 0.3) is 0 Å². The Morgan fingerprint density at radius 3 is 2.74 bits per heavy atom. The number of ether oxygens (including phenoxy) is 1. The monoisotopic (exact) mass is 265 g/mol. The molecule has 0 fully saturated rings. The van der Waals surface area contributed by atoms with Gasteiger partial charge in [-0.05, 0) is 32.9 Å². The Morgan fingerprint density at radius 1 is 1.42 bits per heavy atom. The third-order valence-electron chi connectivity index (χ3n) is 2.47. The SMILES string of the molecule is C/C(=C\c1ccccc1F)C(=O)NCCOC(C)C. The molecule has 0 aliphatic carbocycles. The zero-order valence-corrected chi connectivity index (χ0v) is 11.6. The van der Waals surface area contributed by atoms with Gasteiger partial charge < -0.3 is 10.1 Å². The summed E-state index contributed by atoms with van der Waals surface area (Å²) in [6, 6.07) is 6.35. The fraction of sp³-hybridized carbons (Fsp3) is 0.400. The quantitative estimate of drug-likeness (QED) is 0.634. The molecule has 104 valence electrons. The van der Waals surface area contributed by atoms with Crippen LogP contribution in [0.15, 0.2) is 29.8 Å². The van der Waals surface area contributed by atoms with Crippen LogP contribution < -0.4 is 5.32 Å². The Hall–Kier alpha value is -1.68. The van der Waals surface area contributed by atoms with E-state index in [1.165, 1.54) is 12.1 Å². The van der Waals surface area contributed by atoms with Crippen LogP contribution in [0.25, 0.3) is 6.08 Å². The van der Waals surface area contributed by atoms with Gasteiger partial charge in [0.1, 0.15) is 5.82 Å². The number of rotatable bonds is 6. The predicted octanol–water partition coefficient (Wildman–Crippen LogP) is 2.77. The summed E-state index contributed by atoms with van der Waals surface area (Å²) >= 11 is 0. The third kappa shape index (κ3) is 5.66. The van der Waals surface area contributed by atoms with E-state index < -0.39 is 0 Å². The zero-order valence-electron chi connectivity index (χ0n) is 11.6. The molecule has 1 aromatic carbocycles. The molecule has 0 heterocycles. The van der Waals surface area contributed by atoms with E-state index in [2.05, 4.69) is 5.32 Å². The summed E-state index contributed by atoms with van der Waals surface area (Å²) in [7, 11) is 0. The summed E-state index contributed by atoms with van der Waals surface area (Å²) in [5.74, 6) is -0.548. The summed E-state index contributed by atoms with van der Waals surface area (Å²) in [6.45, 7) is 6.44. The minimum Gasteiger partial charge on any atom is -0.377 e. The van der Waals surface area contributed by atoms with Crippen molar-refractivity contribution in [1.29, 1.82) is 0 Å². The largest absolute Gasteiger partial charge is 0.377 e. The molecule has 0 aliphatic heterocycles. The number of hydrogen-bond donors (Lipinski definition) is 1. The predicted molar refractivity (Wildman–Crippen MR) is 74.1 cm³/mol. The van der Waals surface area contributed by atoms with Crippen LogP contribution in [-0.2, 0) is 9.53 Å². The molecule has 19 heavy (non-hydrogen) atoms. The lowest BCUT2D eigenvalue weighted by Gasteiger charge is -2.09. The number of carbonyl (C=O) groups excluding carboxylic acids is 1. The minimum absolute atomic E-state index is 0.145. The van der Waals surface area contributed by atoms with E-state index in [1.54, 1.807) is 25.1 Å². The molecule has 0 radical (unpaired) electrons.